The van der Waals surface area contributed by atoms with Gasteiger partial charge in [-0.3, -0.25) is 0 Å². The Bertz CT molecular complexity index is 940. The van der Waals surface area contributed by atoms with Crippen LogP contribution in [0.2, 0.25) is 0 Å². The van der Waals surface area contributed by atoms with Crippen molar-refractivity contribution in [2.75, 3.05) is 0 Å². The molecule has 0 bridgehead atoms. The van der Waals surface area contributed by atoms with Crippen LogP contribution in [-0.2, 0) is 0 Å². The Kier molecular flexibility index (Phi) is 2.77. The fraction of sp³-hybridized carbons (Fsp3) is 0.143. The molecule has 0 N–H and O–H groups in total. The zero-order chi connectivity index (χ0) is 16.0. The van der Waals surface area contributed by atoms with E-state index in [0.29, 0.717) is 5.57 Å². The highest BCUT2D eigenvalue weighted by molar-refractivity contribution is 5.90. The van der Waals surface area contributed by atoms with Gasteiger partial charge in [0.2, 0.25) is 0 Å². The van der Waals surface area contributed by atoms with Gasteiger partial charge in [0.15, 0.2) is 0 Å². The number of allylic oxidation sites excluding steroid dienone is 10. The van der Waals surface area contributed by atoms with Gasteiger partial charge in [0, 0.05) is 0 Å². The Labute approximate surface area is 135 Å². The molecule has 0 aliphatic heterocycles. The molecule has 1 aromatic rings. The van der Waals surface area contributed by atoms with Crippen LogP contribution in [0.25, 0.3) is 5.57 Å². The van der Waals surface area contributed by atoms with Crippen molar-refractivity contribution in [2.24, 2.45) is 11.3 Å². The first-order chi connectivity index (χ1) is 11.2. The van der Waals surface area contributed by atoms with Gasteiger partial charge in [-0.05, 0) is 39.8 Å². The highest BCUT2D eigenvalue weighted by atomic mass is 14.5. The first-order valence-electron chi connectivity index (χ1n) is 7.67. The summed E-state index contributed by atoms with van der Waals surface area (Å²) in [6.07, 6.45) is 9.94. The van der Waals surface area contributed by atoms with Crippen molar-refractivity contribution < 1.29 is 0 Å². The molecule has 0 fully saturated rings. The minimum absolute atomic E-state index is 0.245. The molecular weight excluding hydrogens is 280 g/mol. The Morgan fingerprint density at radius 1 is 1.09 bits per heavy atom. The second-order valence-corrected chi connectivity index (χ2v) is 6.09. The summed E-state index contributed by atoms with van der Waals surface area (Å²) in [5, 5.41) is 19.5. The third-order valence-electron chi connectivity index (χ3n) is 4.89. The first kappa shape index (κ1) is 13.6. The number of hydrogen-bond donors (Lipinski definition) is 0. The van der Waals surface area contributed by atoms with Crippen LogP contribution in [-0.4, -0.2) is 0 Å². The molecular formula is C21H14N2. The van der Waals surface area contributed by atoms with Crippen LogP contribution < -0.4 is 0 Å². The van der Waals surface area contributed by atoms with Crippen molar-refractivity contribution in [3.63, 3.8) is 0 Å². The summed E-state index contributed by atoms with van der Waals surface area (Å²) >= 11 is 0. The van der Waals surface area contributed by atoms with Gasteiger partial charge in [-0.25, -0.2) is 0 Å². The van der Waals surface area contributed by atoms with Crippen molar-refractivity contribution in [1.29, 1.82) is 10.5 Å². The zero-order valence-electron chi connectivity index (χ0n) is 12.7. The van der Waals surface area contributed by atoms with E-state index in [1.54, 1.807) is 6.08 Å². The van der Waals surface area contributed by atoms with Crippen LogP contribution in [0.1, 0.15) is 12.5 Å². The minimum atomic E-state index is -0.786. The molecule has 2 heteroatoms. The van der Waals surface area contributed by atoms with Crippen LogP contribution in [0.3, 0.4) is 0 Å². The molecule has 0 saturated heterocycles. The molecule has 0 aromatic heterocycles. The van der Waals surface area contributed by atoms with E-state index >= 15 is 0 Å². The molecule has 0 heterocycles. The molecule has 0 radical (unpaired) electrons. The lowest BCUT2D eigenvalue weighted by Crippen LogP contribution is -2.24. The molecule has 0 saturated carbocycles. The van der Waals surface area contributed by atoms with Crippen LogP contribution in [0.5, 0.6) is 0 Å². The van der Waals surface area contributed by atoms with Gasteiger partial charge in [0.1, 0.15) is 5.41 Å². The third kappa shape index (κ3) is 1.67. The molecule has 2 atom stereocenters. The zero-order valence-corrected chi connectivity index (χ0v) is 12.7. The summed E-state index contributed by atoms with van der Waals surface area (Å²) in [5.41, 5.74) is 4.95. The maximum Gasteiger partial charge on any atom is 0.127 e. The standard InChI is InChI=1S/C21H14N2/c1-14-7-8-17-16(12-22)9-10-21(13-23)19(11-18(14)20(17)21)15-5-3-2-4-6-15/h2-11,14H,1H3/t14-,21+/m1/s1. The number of nitriles is 2. The van der Waals surface area contributed by atoms with Crippen molar-refractivity contribution in [2.45, 2.75) is 6.92 Å². The lowest BCUT2D eigenvalue weighted by molar-refractivity contribution is 0.770. The Balaban J connectivity index is 2.01. The molecule has 23 heavy (non-hydrogen) atoms. The normalized spacial score (nSPS) is 27.4. The summed E-state index contributed by atoms with van der Waals surface area (Å²) < 4.78 is 0. The number of nitrogens with zero attached hydrogens (tertiary/aromatic N) is 2. The Hall–Kier alpha value is -3.10. The van der Waals surface area contributed by atoms with Gasteiger partial charge in [-0.15, -0.1) is 0 Å². The fourth-order valence-electron chi connectivity index (χ4n) is 3.73. The van der Waals surface area contributed by atoms with E-state index in [1.807, 2.05) is 42.5 Å². The summed E-state index contributed by atoms with van der Waals surface area (Å²) in [5.74, 6) is 0.245. The number of hydrogen-bond acceptors (Lipinski definition) is 2. The second-order valence-electron chi connectivity index (χ2n) is 6.09. The van der Waals surface area contributed by atoms with Crippen LogP contribution in [0.15, 0.2) is 83.0 Å². The van der Waals surface area contributed by atoms with E-state index in [9.17, 15) is 10.5 Å². The average molecular weight is 294 g/mol. The monoisotopic (exact) mass is 294 g/mol. The van der Waals surface area contributed by atoms with E-state index in [4.69, 9.17) is 0 Å². The highest BCUT2D eigenvalue weighted by Gasteiger charge is 2.47. The van der Waals surface area contributed by atoms with Crippen molar-refractivity contribution in [3.05, 3.63) is 88.6 Å². The van der Waals surface area contributed by atoms with Gasteiger partial charge >= 0.3 is 0 Å². The summed E-state index contributed by atoms with van der Waals surface area (Å²) in [7, 11) is 0. The van der Waals surface area contributed by atoms with Crippen molar-refractivity contribution >= 4 is 5.57 Å². The average Bonchev–Trinajstić information content (AvgIpc) is 2.96. The molecule has 4 rings (SSSR count). The van der Waals surface area contributed by atoms with E-state index in [1.165, 1.54) is 0 Å². The van der Waals surface area contributed by atoms with E-state index in [0.717, 1.165) is 27.9 Å². The lowest BCUT2D eigenvalue weighted by Gasteiger charge is -2.32. The van der Waals surface area contributed by atoms with Crippen molar-refractivity contribution in [3.8, 4) is 12.1 Å². The molecule has 3 aliphatic rings. The van der Waals surface area contributed by atoms with Crippen LogP contribution in [0.4, 0.5) is 0 Å². The van der Waals surface area contributed by atoms with Gasteiger partial charge in [0.25, 0.3) is 0 Å². The van der Waals surface area contributed by atoms with Gasteiger partial charge in [0.05, 0.1) is 17.7 Å². The Morgan fingerprint density at radius 3 is 2.57 bits per heavy atom. The second kappa shape index (κ2) is 4.70. The minimum Gasteiger partial charge on any atom is -0.197 e. The summed E-state index contributed by atoms with van der Waals surface area (Å²) in [4.78, 5) is 0. The molecule has 0 unspecified atom stereocenters. The van der Waals surface area contributed by atoms with Crippen LogP contribution >= 0.6 is 0 Å². The quantitative estimate of drug-likeness (QED) is 0.766. The molecule has 108 valence electrons. The molecule has 0 spiro atoms. The van der Waals surface area contributed by atoms with E-state index in [-0.39, 0.29) is 5.92 Å². The first-order valence-corrected chi connectivity index (χ1v) is 7.67. The van der Waals surface area contributed by atoms with E-state index < -0.39 is 5.41 Å². The molecule has 3 aliphatic carbocycles. The molecule has 1 aromatic carbocycles. The van der Waals surface area contributed by atoms with Crippen molar-refractivity contribution in [1.82, 2.24) is 0 Å². The van der Waals surface area contributed by atoms with Gasteiger partial charge in [-0.2, -0.15) is 10.5 Å². The van der Waals surface area contributed by atoms with E-state index in [2.05, 4.69) is 31.2 Å². The van der Waals surface area contributed by atoms with Crippen LogP contribution in [0, 0.1) is 34.0 Å². The smallest absolute Gasteiger partial charge is 0.127 e. The highest BCUT2D eigenvalue weighted by Crippen LogP contribution is 2.57. The largest absolute Gasteiger partial charge is 0.197 e. The lowest BCUT2D eigenvalue weighted by atomic mass is 9.67. The predicted octanol–water partition coefficient (Wildman–Crippen LogP) is 4.49. The van der Waals surface area contributed by atoms with Gasteiger partial charge < -0.3 is 0 Å². The maximum absolute atomic E-state index is 10.1. The number of rotatable bonds is 1. The fourth-order valence-corrected chi connectivity index (χ4v) is 3.73. The molecule has 2 nitrogen and oxygen atoms in total. The topological polar surface area (TPSA) is 47.6 Å². The Morgan fingerprint density at radius 2 is 1.87 bits per heavy atom. The number of benzene rings is 1. The van der Waals surface area contributed by atoms with Gasteiger partial charge in [-0.1, -0.05) is 61.6 Å². The summed E-state index contributed by atoms with van der Waals surface area (Å²) in [6.45, 7) is 2.13. The molecule has 0 amide bonds. The maximum atomic E-state index is 10.1. The third-order valence-corrected chi connectivity index (χ3v) is 4.89. The predicted molar refractivity (Wildman–Crippen MR) is 89.6 cm³/mol. The SMILES string of the molecule is C[C@@H]1C=CC2=C(C#N)C=C[C@]3(C#N)C(c4ccccc4)=CC1=C23. The summed E-state index contributed by atoms with van der Waals surface area (Å²) in [6, 6.07) is 14.8.